The van der Waals surface area contributed by atoms with Gasteiger partial charge in [-0.15, -0.1) is 0 Å². The van der Waals surface area contributed by atoms with Gasteiger partial charge in [0.05, 0.1) is 11.5 Å². The molecule has 6 nitrogen and oxygen atoms in total. The molecule has 1 saturated heterocycles. The number of hydrogen-bond donors (Lipinski definition) is 1. The first-order chi connectivity index (χ1) is 10.8. The van der Waals surface area contributed by atoms with Crippen molar-refractivity contribution < 1.29 is 9.72 Å². The molecular formula is C17H25N3O3. The van der Waals surface area contributed by atoms with E-state index in [1.165, 1.54) is 18.6 Å². The third-order valence-electron chi connectivity index (χ3n) is 4.49. The van der Waals surface area contributed by atoms with Crippen LogP contribution in [0, 0.1) is 16.0 Å². The van der Waals surface area contributed by atoms with Gasteiger partial charge in [-0.1, -0.05) is 19.1 Å². The van der Waals surface area contributed by atoms with Crippen LogP contribution in [0.2, 0.25) is 0 Å². The highest BCUT2D eigenvalue weighted by molar-refractivity contribution is 5.78. The minimum absolute atomic E-state index is 0.0722. The lowest BCUT2D eigenvalue weighted by atomic mass is 9.94. The van der Waals surface area contributed by atoms with Crippen molar-refractivity contribution in [2.24, 2.45) is 5.92 Å². The second-order valence-corrected chi connectivity index (χ2v) is 6.87. The van der Waals surface area contributed by atoms with E-state index in [1.807, 2.05) is 18.7 Å². The number of likely N-dealkylation sites (tertiary alicyclic amines) is 1. The molecule has 1 aliphatic heterocycles. The molecule has 0 unspecified atom stereocenters. The van der Waals surface area contributed by atoms with Crippen LogP contribution in [0.4, 0.5) is 5.69 Å². The smallest absolute Gasteiger partial charge is 0.269 e. The molecule has 1 aromatic rings. The van der Waals surface area contributed by atoms with Crippen molar-refractivity contribution in [1.29, 1.82) is 0 Å². The lowest BCUT2D eigenvalue weighted by Crippen LogP contribution is -2.47. The molecule has 2 rings (SSSR count). The predicted molar refractivity (Wildman–Crippen MR) is 89.1 cm³/mol. The maximum absolute atomic E-state index is 12.3. The Morgan fingerprint density at radius 1 is 1.39 bits per heavy atom. The Morgan fingerprint density at radius 2 is 2.04 bits per heavy atom. The average molecular weight is 319 g/mol. The van der Waals surface area contributed by atoms with Gasteiger partial charge in [0.1, 0.15) is 0 Å². The summed E-state index contributed by atoms with van der Waals surface area (Å²) in [6.07, 6.45) is 2.25. The Bertz CT molecular complexity index is 569. The Kier molecular flexibility index (Phi) is 5.36. The van der Waals surface area contributed by atoms with E-state index < -0.39 is 10.5 Å². The van der Waals surface area contributed by atoms with Gasteiger partial charge in [-0.05, 0) is 38.2 Å². The molecule has 126 valence electrons. The summed E-state index contributed by atoms with van der Waals surface area (Å²) >= 11 is 0. The first kappa shape index (κ1) is 17.4. The van der Waals surface area contributed by atoms with E-state index in [0.29, 0.717) is 5.92 Å². The van der Waals surface area contributed by atoms with Crippen molar-refractivity contribution in [3.05, 3.63) is 39.9 Å². The zero-order valence-electron chi connectivity index (χ0n) is 14.0. The standard InChI is InChI=1S/C17H25N3O3/c1-13-5-4-10-19(12-13)16(21)11-18-17(2,3)14-6-8-15(9-7-14)20(22)23/h6-9,13,18H,4-5,10-12H2,1-3H3/t13-/m0/s1. The van der Waals surface area contributed by atoms with Gasteiger partial charge in [0.2, 0.25) is 5.91 Å². The number of non-ortho nitro benzene ring substituents is 1. The number of amides is 1. The molecule has 1 heterocycles. The molecule has 1 amide bonds. The van der Waals surface area contributed by atoms with Crippen LogP contribution in [0.5, 0.6) is 0 Å². The zero-order valence-corrected chi connectivity index (χ0v) is 14.0. The summed E-state index contributed by atoms with van der Waals surface area (Å²) in [6, 6.07) is 6.46. The third-order valence-corrected chi connectivity index (χ3v) is 4.49. The van der Waals surface area contributed by atoms with Crippen LogP contribution in [0.3, 0.4) is 0 Å². The molecule has 0 aliphatic carbocycles. The Balaban J connectivity index is 1.95. The van der Waals surface area contributed by atoms with Crippen LogP contribution in [-0.4, -0.2) is 35.4 Å². The van der Waals surface area contributed by atoms with Crippen LogP contribution in [0.15, 0.2) is 24.3 Å². The molecule has 6 heteroatoms. The van der Waals surface area contributed by atoms with Crippen molar-refractivity contribution in [3.8, 4) is 0 Å². The molecule has 0 spiro atoms. The van der Waals surface area contributed by atoms with Gasteiger partial charge in [0, 0.05) is 30.8 Å². The van der Waals surface area contributed by atoms with Crippen LogP contribution in [-0.2, 0) is 10.3 Å². The maximum Gasteiger partial charge on any atom is 0.269 e. The van der Waals surface area contributed by atoms with Crippen molar-refractivity contribution in [3.63, 3.8) is 0 Å². The number of piperidine rings is 1. The van der Waals surface area contributed by atoms with Gasteiger partial charge in [-0.3, -0.25) is 20.2 Å². The normalized spacial score (nSPS) is 18.7. The lowest BCUT2D eigenvalue weighted by Gasteiger charge is -2.33. The van der Waals surface area contributed by atoms with Gasteiger partial charge in [0.15, 0.2) is 0 Å². The fraction of sp³-hybridized carbons (Fsp3) is 0.588. The largest absolute Gasteiger partial charge is 0.341 e. The fourth-order valence-electron chi connectivity index (χ4n) is 2.93. The molecule has 0 aromatic heterocycles. The molecular weight excluding hydrogens is 294 g/mol. The number of carbonyl (C=O) groups excluding carboxylic acids is 1. The van der Waals surface area contributed by atoms with Crippen molar-refractivity contribution >= 4 is 11.6 Å². The molecule has 1 N–H and O–H groups in total. The van der Waals surface area contributed by atoms with Gasteiger partial charge in [-0.25, -0.2) is 0 Å². The van der Waals surface area contributed by atoms with Gasteiger partial charge in [0.25, 0.3) is 5.69 Å². The minimum Gasteiger partial charge on any atom is -0.341 e. The Morgan fingerprint density at radius 3 is 2.61 bits per heavy atom. The second-order valence-electron chi connectivity index (χ2n) is 6.87. The summed E-state index contributed by atoms with van der Waals surface area (Å²) in [4.78, 5) is 24.6. The van der Waals surface area contributed by atoms with E-state index in [0.717, 1.165) is 25.1 Å². The van der Waals surface area contributed by atoms with Crippen LogP contribution in [0.1, 0.15) is 39.2 Å². The number of rotatable bonds is 5. The second kappa shape index (κ2) is 7.08. The first-order valence-electron chi connectivity index (χ1n) is 8.07. The molecule has 0 radical (unpaired) electrons. The van der Waals surface area contributed by atoms with Gasteiger partial charge in [-0.2, -0.15) is 0 Å². The third kappa shape index (κ3) is 4.51. The lowest BCUT2D eigenvalue weighted by molar-refractivity contribution is -0.384. The highest BCUT2D eigenvalue weighted by Gasteiger charge is 2.25. The molecule has 1 aliphatic rings. The number of nitrogens with zero attached hydrogens (tertiary/aromatic N) is 2. The maximum atomic E-state index is 12.3. The first-order valence-corrected chi connectivity index (χ1v) is 8.07. The highest BCUT2D eigenvalue weighted by Crippen LogP contribution is 2.23. The van der Waals surface area contributed by atoms with Crippen LogP contribution in [0.25, 0.3) is 0 Å². The summed E-state index contributed by atoms with van der Waals surface area (Å²) in [5.41, 5.74) is 0.567. The van der Waals surface area contributed by atoms with E-state index in [-0.39, 0.29) is 18.1 Å². The number of nitro groups is 1. The van der Waals surface area contributed by atoms with Gasteiger partial charge >= 0.3 is 0 Å². The summed E-state index contributed by atoms with van der Waals surface area (Å²) in [6.45, 7) is 8.06. The van der Waals surface area contributed by atoms with E-state index in [4.69, 9.17) is 0 Å². The van der Waals surface area contributed by atoms with E-state index in [9.17, 15) is 14.9 Å². The SMILES string of the molecule is C[C@H]1CCCN(C(=O)CNC(C)(C)c2ccc([N+](=O)[O-])cc2)C1. The monoisotopic (exact) mass is 319 g/mol. The van der Waals surface area contributed by atoms with Crippen LogP contribution >= 0.6 is 0 Å². The minimum atomic E-state index is -0.424. The summed E-state index contributed by atoms with van der Waals surface area (Å²) in [5.74, 6) is 0.682. The zero-order chi connectivity index (χ0) is 17.0. The Hall–Kier alpha value is -1.95. The number of nitro benzene ring substituents is 1. The van der Waals surface area contributed by atoms with Crippen molar-refractivity contribution in [1.82, 2.24) is 10.2 Å². The Labute approximate surface area is 137 Å². The van der Waals surface area contributed by atoms with Crippen LogP contribution < -0.4 is 5.32 Å². The number of benzene rings is 1. The van der Waals surface area contributed by atoms with E-state index in [2.05, 4.69) is 12.2 Å². The highest BCUT2D eigenvalue weighted by atomic mass is 16.6. The topological polar surface area (TPSA) is 75.5 Å². The number of hydrogen-bond acceptors (Lipinski definition) is 4. The predicted octanol–water partition coefficient (Wildman–Crippen LogP) is 2.68. The molecule has 0 bridgehead atoms. The van der Waals surface area contributed by atoms with Crippen molar-refractivity contribution in [2.75, 3.05) is 19.6 Å². The molecule has 1 fully saturated rings. The van der Waals surface area contributed by atoms with E-state index >= 15 is 0 Å². The average Bonchev–Trinajstić information content (AvgIpc) is 2.52. The molecule has 1 atom stereocenters. The number of nitrogens with one attached hydrogen (secondary N) is 1. The molecule has 23 heavy (non-hydrogen) atoms. The summed E-state index contributed by atoms with van der Waals surface area (Å²) in [5, 5.41) is 14.0. The summed E-state index contributed by atoms with van der Waals surface area (Å²) < 4.78 is 0. The molecule has 1 aromatic carbocycles. The molecule has 0 saturated carbocycles. The number of carbonyl (C=O) groups is 1. The fourth-order valence-corrected chi connectivity index (χ4v) is 2.93. The van der Waals surface area contributed by atoms with Crippen molar-refractivity contribution in [2.45, 2.75) is 39.2 Å². The van der Waals surface area contributed by atoms with E-state index in [1.54, 1.807) is 12.1 Å². The quantitative estimate of drug-likeness (QED) is 0.669. The van der Waals surface area contributed by atoms with Gasteiger partial charge < -0.3 is 4.90 Å². The summed E-state index contributed by atoms with van der Waals surface area (Å²) in [7, 11) is 0.